The number of amides is 1. The van der Waals surface area contributed by atoms with Gasteiger partial charge in [0.15, 0.2) is 0 Å². The Morgan fingerprint density at radius 3 is 3.00 bits per heavy atom. The first-order chi connectivity index (χ1) is 9.08. The van der Waals surface area contributed by atoms with Crippen molar-refractivity contribution >= 4 is 23.2 Å². The normalized spacial score (nSPS) is 19.6. The number of benzene rings is 1. The first-order valence-electron chi connectivity index (χ1n) is 6.23. The molecular weight excluding hydrogens is 269 g/mol. The van der Waals surface area contributed by atoms with E-state index >= 15 is 0 Å². The molecule has 1 atom stereocenters. The number of carbonyl (C=O) groups is 1. The number of hydrogen-bond donors (Lipinski definition) is 2. The van der Waals surface area contributed by atoms with E-state index in [0.717, 1.165) is 19.5 Å². The lowest BCUT2D eigenvalue weighted by Gasteiger charge is -2.15. The monoisotopic (exact) mass is 285 g/mol. The fourth-order valence-electron chi connectivity index (χ4n) is 2.20. The van der Waals surface area contributed by atoms with E-state index in [2.05, 4.69) is 10.6 Å². The second-order valence-corrected chi connectivity index (χ2v) is 5.12. The summed E-state index contributed by atoms with van der Waals surface area (Å²) in [7, 11) is 1.91. The summed E-state index contributed by atoms with van der Waals surface area (Å²) in [6, 6.07) is 4.63. The van der Waals surface area contributed by atoms with Gasteiger partial charge in [0.25, 0.3) is 0 Å². The zero-order chi connectivity index (χ0) is 13.8. The maximum atomic E-state index is 13.5. The Morgan fingerprint density at radius 2 is 2.37 bits per heavy atom. The van der Waals surface area contributed by atoms with Gasteiger partial charge in [0.2, 0.25) is 5.91 Å². The third-order valence-corrected chi connectivity index (χ3v) is 3.49. The zero-order valence-corrected chi connectivity index (χ0v) is 11.5. The van der Waals surface area contributed by atoms with Gasteiger partial charge in [-0.2, -0.15) is 0 Å². The van der Waals surface area contributed by atoms with Crippen LogP contribution in [0.4, 0.5) is 10.1 Å². The lowest BCUT2D eigenvalue weighted by Crippen LogP contribution is -2.34. The van der Waals surface area contributed by atoms with E-state index in [0.29, 0.717) is 11.1 Å². The summed E-state index contributed by atoms with van der Waals surface area (Å²) in [5.41, 5.74) is 0.166. The van der Waals surface area contributed by atoms with E-state index < -0.39 is 5.82 Å². The molecule has 1 heterocycles. The molecule has 104 valence electrons. The van der Waals surface area contributed by atoms with Gasteiger partial charge in [-0.15, -0.1) is 0 Å². The van der Waals surface area contributed by atoms with Crippen molar-refractivity contribution in [2.45, 2.75) is 12.5 Å². The number of halogens is 2. The summed E-state index contributed by atoms with van der Waals surface area (Å²) < 4.78 is 13.5. The predicted octanol–water partition coefficient (Wildman–Crippen LogP) is 1.71. The molecule has 1 amide bonds. The van der Waals surface area contributed by atoms with Gasteiger partial charge in [-0.3, -0.25) is 9.69 Å². The van der Waals surface area contributed by atoms with Crippen LogP contribution in [0, 0.1) is 5.82 Å². The molecule has 0 aromatic heterocycles. The maximum Gasteiger partial charge on any atom is 0.238 e. The largest absolute Gasteiger partial charge is 0.322 e. The molecule has 1 aromatic rings. The molecule has 0 bridgehead atoms. The third-order valence-electron chi connectivity index (χ3n) is 3.25. The van der Waals surface area contributed by atoms with E-state index in [4.69, 9.17) is 11.6 Å². The molecular formula is C13H17ClFN3O. The highest BCUT2D eigenvalue weighted by molar-refractivity contribution is 6.30. The molecule has 0 aliphatic carbocycles. The Morgan fingerprint density at radius 1 is 1.58 bits per heavy atom. The number of hydrogen-bond acceptors (Lipinski definition) is 3. The van der Waals surface area contributed by atoms with Gasteiger partial charge >= 0.3 is 0 Å². The fourth-order valence-corrected chi connectivity index (χ4v) is 2.35. The summed E-state index contributed by atoms with van der Waals surface area (Å²) in [6.07, 6.45) is 1.03. The molecule has 1 unspecified atom stereocenters. The Labute approximate surface area is 116 Å². The van der Waals surface area contributed by atoms with Crippen molar-refractivity contribution in [1.29, 1.82) is 0 Å². The second-order valence-electron chi connectivity index (χ2n) is 4.68. The number of likely N-dealkylation sites (tertiary alicyclic amines) is 1. The first kappa shape index (κ1) is 14.2. The minimum Gasteiger partial charge on any atom is -0.322 e. The number of carbonyl (C=O) groups excluding carboxylic acids is 1. The molecule has 0 saturated carbocycles. The molecule has 0 spiro atoms. The zero-order valence-electron chi connectivity index (χ0n) is 10.7. The Bertz CT molecular complexity index is 469. The van der Waals surface area contributed by atoms with Crippen LogP contribution in [-0.4, -0.2) is 43.5 Å². The van der Waals surface area contributed by atoms with Gasteiger partial charge in [0.1, 0.15) is 5.82 Å². The molecule has 2 N–H and O–H groups in total. The average Bonchev–Trinajstić information content (AvgIpc) is 2.80. The van der Waals surface area contributed by atoms with Crippen molar-refractivity contribution < 1.29 is 9.18 Å². The lowest BCUT2D eigenvalue weighted by molar-refractivity contribution is -0.117. The van der Waals surface area contributed by atoms with Crippen LogP contribution in [0.2, 0.25) is 5.02 Å². The van der Waals surface area contributed by atoms with Gasteiger partial charge in [-0.05, 0) is 31.7 Å². The van der Waals surface area contributed by atoms with Crippen molar-refractivity contribution in [1.82, 2.24) is 10.2 Å². The van der Waals surface area contributed by atoms with Crippen LogP contribution in [-0.2, 0) is 4.79 Å². The maximum absolute atomic E-state index is 13.5. The topological polar surface area (TPSA) is 44.4 Å². The number of anilines is 1. The minimum absolute atomic E-state index is 0.166. The highest BCUT2D eigenvalue weighted by Crippen LogP contribution is 2.19. The predicted molar refractivity (Wildman–Crippen MR) is 73.9 cm³/mol. The summed E-state index contributed by atoms with van der Waals surface area (Å²) in [4.78, 5) is 13.9. The van der Waals surface area contributed by atoms with Crippen molar-refractivity contribution in [3.05, 3.63) is 29.0 Å². The Balaban J connectivity index is 1.87. The molecule has 6 heteroatoms. The first-order valence-corrected chi connectivity index (χ1v) is 6.61. The van der Waals surface area contributed by atoms with Gasteiger partial charge < -0.3 is 10.6 Å². The van der Waals surface area contributed by atoms with Crippen LogP contribution in [0.15, 0.2) is 18.2 Å². The van der Waals surface area contributed by atoms with Gasteiger partial charge in [0.05, 0.1) is 12.2 Å². The van der Waals surface area contributed by atoms with E-state index in [1.165, 1.54) is 12.1 Å². The fraction of sp³-hybridized carbons (Fsp3) is 0.462. The summed E-state index contributed by atoms with van der Waals surface area (Å²) in [5.74, 6) is -0.728. The lowest BCUT2D eigenvalue weighted by atomic mass is 10.3. The van der Waals surface area contributed by atoms with Crippen LogP contribution in [0.5, 0.6) is 0 Å². The van der Waals surface area contributed by atoms with E-state index in [9.17, 15) is 9.18 Å². The van der Waals surface area contributed by atoms with Crippen molar-refractivity contribution in [2.75, 3.05) is 32.0 Å². The number of likely N-dealkylation sites (N-methyl/N-ethyl adjacent to an activating group) is 1. The highest BCUT2D eigenvalue weighted by Gasteiger charge is 2.22. The molecule has 2 rings (SSSR count). The Kier molecular flexibility index (Phi) is 4.74. The van der Waals surface area contributed by atoms with Crippen LogP contribution in [0.1, 0.15) is 6.42 Å². The van der Waals surface area contributed by atoms with Crippen molar-refractivity contribution in [3.8, 4) is 0 Å². The van der Waals surface area contributed by atoms with E-state index in [1.54, 1.807) is 6.07 Å². The second kappa shape index (κ2) is 6.32. The summed E-state index contributed by atoms with van der Waals surface area (Å²) >= 11 is 5.66. The number of nitrogens with zero attached hydrogens (tertiary/aromatic N) is 1. The van der Waals surface area contributed by atoms with Crippen LogP contribution in [0.3, 0.4) is 0 Å². The highest BCUT2D eigenvalue weighted by atomic mass is 35.5. The standard InChI is InChI=1S/C13H17ClFN3O/c1-16-10-4-5-18(7-10)8-13(19)17-12-3-2-9(14)6-11(12)15/h2-3,6,10,16H,4-5,7-8H2,1H3,(H,17,19). The SMILES string of the molecule is CNC1CCN(CC(=O)Nc2ccc(Cl)cc2F)C1. The van der Waals surface area contributed by atoms with Crippen molar-refractivity contribution in [2.24, 2.45) is 0 Å². The van der Waals surface area contributed by atoms with E-state index in [1.807, 2.05) is 11.9 Å². The third kappa shape index (κ3) is 3.89. The molecule has 19 heavy (non-hydrogen) atoms. The molecule has 1 saturated heterocycles. The van der Waals surface area contributed by atoms with Crippen LogP contribution < -0.4 is 10.6 Å². The quantitative estimate of drug-likeness (QED) is 0.885. The smallest absolute Gasteiger partial charge is 0.238 e. The van der Waals surface area contributed by atoms with Gasteiger partial charge in [-0.25, -0.2) is 4.39 Å². The molecule has 1 aromatic carbocycles. The molecule has 4 nitrogen and oxygen atoms in total. The van der Waals surface area contributed by atoms with Crippen LogP contribution in [0.25, 0.3) is 0 Å². The molecule has 1 aliphatic rings. The number of nitrogens with one attached hydrogen (secondary N) is 2. The Hall–Kier alpha value is -1.17. The van der Waals surface area contributed by atoms with E-state index in [-0.39, 0.29) is 18.1 Å². The minimum atomic E-state index is -0.518. The van der Waals surface area contributed by atoms with Crippen molar-refractivity contribution in [3.63, 3.8) is 0 Å². The molecule has 0 radical (unpaired) electrons. The summed E-state index contributed by atoms with van der Waals surface area (Å²) in [5, 5.41) is 6.06. The summed E-state index contributed by atoms with van der Waals surface area (Å²) in [6.45, 7) is 2.00. The average molecular weight is 286 g/mol. The van der Waals surface area contributed by atoms with Crippen LogP contribution >= 0.6 is 11.6 Å². The van der Waals surface area contributed by atoms with Gasteiger partial charge in [0, 0.05) is 24.2 Å². The molecule has 1 aliphatic heterocycles. The molecule has 1 fully saturated rings. The number of rotatable bonds is 4. The van der Waals surface area contributed by atoms with Gasteiger partial charge in [-0.1, -0.05) is 11.6 Å².